The summed E-state index contributed by atoms with van der Waals surface area (Å²) in [5.74, 6) is 1.32. The van der Waals surface area contributed by atoms with Crippen LogP contribution in [-0.2, 0) is 13.0 Å². The van der Waals surface area contributed by atoms with Crippen molar-refractivity contribution >= 4 is 22.7 Å². The van der Waals surface area contributed by atoms with E-state index in [4.69, 9.17) is 4.52 Å². The molecule has 0 N–H and O–H groups in total. The molecule has 4 nitrogen and oxygen atoms in total. The minimum atomic E-state index is 0.275. The number of fused-ring (bicyclic) bond motifs is 1. The maximum Gasteiger partial charge on any atom is 0.241 e. The lowest BCUT2D eigenvalue weighted by molar-refractivity contribution is 0.181. The Balaban J connectivity index is 1.44. The zero-order valence-corrected chi connectivity index (χ0v) is 15.7. The predicted molar refractivity (Wildman–Crippen MR) is 104 cm³/mol. The molecule has 1 aromatic carbocycles. The van der Waals surface area contributed by atoms with Gasteiger partial charge in [-0.25, -0.2) is 0 Å². The summed E-state index contributed by atoms with van der Waals surface area (Å²) >= 11 is 3.67. The average Bonchev–Trinajstić information content (AvgIpc) is 3.44. The molecule has 0 radical (unpaired) electrons. The van der Waals surface area contributed by atoms with Gasteiger partial charge in [-0.05, 0) is 34.9 Å². The Morgan fingerprint density at radius 3 is 2.81 bits per heavy atom. The highest BCUT2D eigenvalue weighted by atomic mass is 32.1. The SMILES string of the molecule is c1ccc(-c2noc(CN3CCc4sccc4C3c3cccs3)n2)cc1. The first-order chi connectivity index (χ1) is 12.9. The quantitative estimate of drug-likeness (QED) is 0.500. The fourth-order valence-electron chi connectivity index (χ4n) is 3.52. The summed E-state index contributed by atoms with van der Waals surface area (Å²) in [5, 5.41) is 8.52. The monoisotopic (exact) mass is 379 g/mol. The summed E-state index contributed by atoms with van der Waals surface area (Å²) in [6.07, 6.45) is 1.08. The standard InChI is InChI=1S/C20H17N3OS2/c1-2-5-14(6-3-1)20-21-18(24-22-20)13-23-10-8-16-15(9-12-26-16)19(23)17-7-4-11-25-17/h1-7,9,11-12,19H,8,10,13H2. The molecule has 0 saturated carbocycles. The Bertz CT molecular complexity index is 991. The van der Waals surface area contributed by atoms with E-state index in [2.05, 4.69) is 44.0 Å². The molecule has 1 unspecified atom stereocenters. The van der Waals surface area contributed by atoms with Crippen molar-refractivity contribution in [1.82, 2.24) is 15.0 Å². The van der Waals surface area contributed by atoms with Crippen molar-refractivity contribution in [3.63, 3.8) is 0 Å². The normalized spacial score (nSPS) is 17.3. The lowest BCUT2D eigenvalue weighted by Gasteiger charge is -2.34. The molecule has 0 saturated heterocycles. The number of hydrogen-bond donors (Lipinski definition) is 0. The van der Waals surface area contributed by atoms with E-state index in [-0.39, 0.29) is 6.04 Å². The summed E-state index contributed by atoms with van der Waals surface area (Å²) in [6, 6.07) is 16.8. The lowest BCUT2D eigenvalue weighted by atomic mass is 9.98. The van der Waals surface area contributed by atoms with E-state index in [1.54, 1.807) is 0 Å². The van der Waals surface area contributed by atoms with E-state index in [1.807, 2.05) is 53.0 Å². The first-order valence-electron chi connectivity index (χ1n) is 8.60. The molecule has 0 spiro atoms. The van der Waals surface area contributed by atoms with Crippen molar-refractivity contribution in [3.8, 4) is 11.4 Å². The van der Waals surface area contributed by atoms with Crippen LogP contribution in [-0.4, -0.2) is 21.6 Å². The molecule has 1 aliphatic rings. The molecule has 6 heteroatoms. The minimum Gasteiger partial charge on any atom is -0.338 e. The fraction of sp³-hybridized carbons (Fsp3) is 0.200. The smallest absolute Gasteiger partial charge is 0.241 e. The Hall–Kier alpha value is -2.28. The molecular formula is C20H17N3OS2. The molecule has 3 aromatic heterocycles. The highest BCUT2D eigenvalue weighted by Gasteiger charge is 2.31. The van der Waals surface area contributed by atoms with E-state index in [0.29, 0.717) is 18.3 Å². The molecule has 0 fully saturated rings. The summed E-state index contributed by atoms with van der Waals surface area (Å²) in [6.45, 7) is 1.66. The summed E-state index contributed by atoms with van der Waals surface area (Å²) in [5.41, 5.74) is 2.41. The Labute approximate surface area is 159 Å². The Kier molecular flexibility index (Phi) is 4.16. The second kappa shape index (κ2) is 6.79. The highest BCUT2D eigenvalue weighted by Crippen LogP contribution is 2.40. The molecule has 0 aliphatic carbocycles. The van der Waals surface area contributed by atoms with E-state index in [1.165, 1.54) is 15.3 Å². The van der Waals surface area contributed by atoms with Gasteiger partial charge in [0.25, 0.3) is 0 Å². The molecule has 4 heterocycles. The van der Waals surface area contributed by atoms with Gasteiger partial charge in [0.2, 0.25) is 11.7 Å². The highest BCUT2D eigenvalue weighted by molar-refractivity contribution is 7.10. The number of thiophene rings is 2. The molecule has 26 heavy (non-hydrogen) atoms. The second-order valence-corrected chi connectivity index (χ2v) is 8.30. The average molecular weight is 380 g/mol. The number of rotatable bonds is 4. The van der Waals surface area contributed by atoms with Crippen LogP contribution < -0.4 is 0 Å². The maximum absolute atomic E-state index is 5.56. The van der Waals surface area contributed by atoms with Crippen LogP contribution >= 0.6 is 22.7 Å². The van der Waals surface area contributed by atoms with Crippen molar-refractivity contribution in [3.05, 3.63) is 80.5 Å². The fourth-order valence-corrected chi connectivity index (χ4v) is 5.30. The molecule has 1 atom stereocenters. The maximum atomic E-state index is 5.56. The Morgan fingerprint density at radius 1 is 1.04 bits per heavy atom. The molecule has 0 bridgehead atoms. The van der Waals surface area contributed by atoms with Crippen molar-refractivity contribution in [1.29, 1.82) is 0 Å². The topological polar surface area (TPSA) is 42.2 Å². The van der Waals surface area contributed by atoms with Crippen molar-refractivity contribution in [2.45, 2.75) is 19.0 Å². The van der Waals surface area contributed by atoms with E-state index >= 15 is 0 Å². The first kappa shape index (κ1) is 15.9. The molecule has 4 aromatic rings. The van der Waals surface area contributed by atoms with Crippen LogP contribution in [0.2, 0.25) is 0 Å². The third-order valence-corrected chi connectivity index (χ3v) is 6.64. The van der Waals surface area contributed by atoms with Crippen LogP contribution in [0.15, 0.2) is 63.8 Å². The van der Waals surface area contributed by atoms with Crippen LogP contribution in [0, 0.1) is 0 Å². The second-order valence-electron chi connectivity index (χ2n) is 6.32. The van der Waals surface area contributed by atoms with E-state index in [9.17, 15) is 0 Å². The summed E-state index contributed by atoms with van der Waals surface area (Å²) in [7, 11) is 0. The molecular weight excluding hydrogens is 362 g/mol. The third kappa shape index (κ3) is 2.90. The molecule has 5 rings (SSSR count). The number of aromatic nitrogens is 2. The minimum absolute atomic E-state index is 0.275. The molecule has 1 aliphatic heterocycles. The van der Waals surface area contributed by atoms with Crippen LogP contribution in [0.4, 0.5) is 0 Å². The third-order valence-electron chi connectivity index (χ3n) is 4.72. The van der Waals surface area contributed by atoms with Crippen LogP contribution in [0.3, 0.4) is 0 Å². The van der Waals surface area contributed by atoms with Gasteiger partial charge < -0.3 is 4.52 Å². The molecule has 0 amide bonds. The van der Waals surface area contributed by atoms with E-state index < -0.39 is 0 Å². The van der Waals surface area contributed by atoms with Gasteiger partial charge in [0.1, 0.15) is 0 Å². The van der Waals surface area contributed by atoms with Gasteiger partial charge in [0, 0.05) is 21.9 Å². The summed E-state index contributed by atoms with van der Waals surface area (Å²) < 4.78 is 5.56. The van der Waals surface area contributed by atoms with Gasteiger partial charge in [-0.3, -0.25) is 4.90 Å². The van der Waals surface area contributed by atoms with Crippen molar-refractivity contribution in [2.75, 3.05) is 6.54 Å². The van der Waals surface area contributed by atoms with Crippen LogP contribution in [0.5, 0.6) is 0 Å². The Morgan fingerprint density at radius 2 is 1.96 bits per heavy atom. The number of nitrogens with zero attached hydrogens (tertiary/aromatic N) is 3. The van der Waals surface area contributed by atoms with Gasteiger partial charge in [-0.2, -0.15) is 4.98 Å². The largest absolute Gasteiger partial charge is 0.338 e. The zero-order chi connectivity index (χ0) is 17.3. The lowest BCUT2D eigenvalue weighted by Crippen LogP contribution is -2.34. The van der Waals surface area contributed by atoms with Crippen LogP contribution in [0.1, 0.15) is 27.3 Å². The molecule has 130 valence electrons. The van der Waals surface area contributed by atoms with Crippen LogP contribution in [0.25, 0.3) is 11.4 Å². The zero-order valence-electron chi connectivity index (χ0n) is 14.0. The van der Waals surface area contributed by atoms with Gasteiger partial charge in [0.15, 0.2) is 0 Å². The van der Waals surface area contributed by atoms with Gasteiger partial charge in [-0.15, -0.1) is 22.7 Å². The van der Waals surface area contributed by atoms with Gasteiger partial charge in [-0.1, -0.05) is 41.6 Å². The summed E-state index contributed by atoms with van der Waals surface area (Å²) in [4.78, 5) is 9.93. The van der Waals surface area contributed by atoms with Crippen molar-refractivity contribution in [2.24, 2.45) is 0 Å². The van der Waals surface area contributed by atoms with Gasteiger partial charge >= 0.3 is 0 Å². The number of benzene rings is 1. The number of hydrogen-bond acceptors (Lipinski definition) is 6. The first-order valence-corrected chi connectivity index (χ1v) is 10.4. The van der Waals surface area contributed by atoms with Gasteiger partial charge in [0.05, 0.1) is 12.6 Å². The van der Waals surface area contributed by atoms with Crippen molar-refractivity contribution < 1.29 is 4.52 Å². The van der Waals surface area contributed by atoms with E-state index in [0.717, 1.165) is 18.5 Å². The predicted octanol–water partition coefficient (Wildman–Crippen LogP) is 5.01.